The lowest BCUT2D eigenvalue weighted by atomic mass is 9.80. The molecular formula is C16H30N2O2S. The molecule has 0 aromatic rings. The van der Waals surface area contributed by atoms with Crippen molar-refractivity contribution < 1.29 is 9.59 Å². The molecular weight excluding hydrogens is 284 g/mol. The molecule has 1 aliphatic heterocycles. The summed E-state index contributed by atoms with van der Waals surface area (Å²) < 4.78 is 0. The fraction of sp³-hybridized carbons (Fsp3) is 0.875. The molecule has 1 fully saturated rings. The Labute approximate surface area is 133 Å². The van der Waals surface area contributed by atoms with E-state index in [1.807, 2.05) is 51.3 Å². The van der Waals surface area contributed by atoms with Crippen LogP contribution in [0.25, 0.3) is 0 Å². The van der Waals surface area contributed by atoms with Crippen molar-refractivity contribution in [2.24, 2.45) is 5.41 Å². The first-order chi connectivity index (χ1) is 9.68. The van der Waals surface area contributed by atoms with E-state index in [0.29, 0.717) is 13.0 Å². The average Bonchev–Trinajstić information content (AvgIpc) is 2.40. The Morgan fingerprint density at radius 1 is 1.29 bits per heavy atom. The standard InChI is InChI=1S/C16H30N2O2S/c1-7-16(6)14(20)17-12(15(3,4)5)13(19)18(16)10-9-11-21-8-2/h12H,7-11H2,1-6H3,(H,17,20). The van der Waals surface area contributed by atoms with Gasteiger partial charge in [0.05, 0.1) is 0 Å². The molecule has 2 amide bonds. The third-order valence-electron chi connectivity index (χ3n) is 4.30. The lowest BCUT2D eigenvalue weighted by Crippen LogP contribution is -2.71. The molecule has 1 rings (SSSR count). The Balaban J connectivity index is 2.94. The summed E-state index contributed by atoms with van der Waals surface area (Å²) >= 11 is 1.87. The molecule has 0 aliphatic carbocycles. The van der Waals surface area contributed by atoms with Crippen molar-refractivity contribution in [1.82, 2.24) is 10.2 Å². The summed E-state index contributed by atoms with van der Waals surface area (Å²) in [5.41, 5.74) is -0.978. The van der Waals surface area contributed by atoms with Crippen LogP contribution in [0, 0.1) is 5.41 Å². The number of piperazine rings is 1. The summed E-state index contributed by atoms with van der Waals surface area (Å²) in [5, 5.41) is 2.94. The van der Waals surface area contributed by atoms with Crippen LogP contribution in [0.4, 0.5) is 0 Å². The average molecular weight is 314 g/mol. The second-order valence-corrected chi connectivity index (χ2v) is 8.33. The zero-order valence-corrected chi connectivity index (χ0v) is 15.1. The molecule has 122 valence electrons. The quantitative estimate of drug-likeness (QED) is 0.767. The number of nitrogens with one attached hydrogen (secondary N) is 1. The van der Waals surface area contributed by atoms with Crippen molar-refractivity contribution in [3.05, 3.63) is 0 Å². The maximum absolute atomic E-state index is 12.9. The van der Waals surface area contributed by atoms with Crippen LogP contribution < -0.4 is 5.32 Å². The molecule has 0 bridgehead atoms. The van der Waals surface area contributed by atoms with Crippen molar-refractivity contribution in [2.45, 2.75) is 66.0 Å². The van der Waals surface area contributed by atoms with Crippen LogP contribution in [0.3, 0.4) is 0 Å². The van der Waals surface area contributed by atoms with Gasteiger partial charge in [0.25, 0.3) is 0 Å². The number of nitrogens with zero attached hydrogens (tertiary/aromatic N) is 1. The van der Waals surface area contributed by atoms with Gasteiger partial charge in [-0.1, -0.05) is 34.6 Å². The molecule has 21 heavy (non-hydrogen) atoms. The smallest absolute Gasteiger partial charge is 0.246 e. The van der Waals surface area contributed by atoms with Crippen molar-refractivity contribution in [1.29, 1.82) is 0 Å². The predicted molar refractivity (Wildman–Crippen MR) is 89.4 cm³/mol. The first kappa shape index (κ1) is 18.3. The highest BCUT2D eigenvalue weighted by atomic mass is 32.2. The zero-order valence-electron chi connectivity index (χ0n) is 14.3. The molecule has 1 aliphatic rings. The van der Waals surface area contributed by atoms with E-state index in [1.165, 1.54) is 0 Å². The summed E-state index contributed by atoms with van der Waals surface area (Å²) in [4.78, 5) is 27.2. The van der Waals surface area contributed by atoms with E-state index in [9.17, 15) is 9.59 Å². The van der Waals surface area contributed by atoms with Gasteiger partial charge < -0.3 is 10.2 Å². The molecule has 1 N–H and O–H groups in total. The van der Waals surface area contributed by atoms with Crippen molar-refractivity contribution >= 4 is 23.6 Å². The Morgan fingerprint density at radius 2 is 1.90 bits per heavy atom. The van der Waals surface area contributed by atoms with E-state index in [-0.39, 0.29) is 17.2 Å². The van der Waals surface area contributed by atoms with Gasteiger partial charge in [-0.05, 0) is 36.7 Å². The summed E-state index contributed by atoms with van der Waals surface area (Å²) in [6.45, 7) is 12.6. The Bertz CT molecular complexity index is 392. The van der Waals surface area contributed by atoms with Crippen molar-refractivity contribution in [3.63, 3.8) is 0 Å². The Kier molecular flexibility index (Phi) is 6.14. The van der Waals surface area contributed by atoms with Gasteiger partial charge >= 0.3 is 0 Å². The highest BCUT2D eigenvalue weighted by Gasteiger charge is 2.50. The van der Waals surface area contributed by atoms with Crippen LogP contribution in [0.2, 0.25) is 0 Å². The molecule has 5 heteroatoms. The molecule has 0 aromatic carbocycles. The lowest BCUT2D eigenvalue weighted by Gasteiger charge is -2.49. The molecule has 0 aromatic heterocycles. The minimum atomic E-state index is -0.713. The van der Waals surface area contributed by atoms with Gasteiger partial charge in [-0.15, -0.1) is 0 Å². The summed E-state index contributed by atoms with van der Waals surface area (Å²) in [6, 6.07) is -0.427. The van der Waals surface area contributed by atoms with Gasteiger partial charge in [-0.2, -0.15) is 11.8 Å². The second kappa shape index (κ2) is 7.03. The first-order valence-electron chi connectivity index (χ1n) is 7.88. The van der Waals surface area contributed by atoms with E-state index < -0.39 is 11.6 Å². The predicted octanol–water partition coefficient (Wildman–Crippen LogP) is 2.67. The van der Waals surface area contributed by atoms with Gasteiger partial charge in [-0.25, -0.2) is 0 Å². The molecule has 4 nitrogen and oxygen atoms in total. The van der Waals surface area contributed by atoms with Gasteiger partial charge in [0, 0.05) is 6.54 Å². The Morgan fingerprint density at radius 3 is 2.38 bits per heavy atom. The van der Waals surface area contributed by atoms with Gasteiger partial charge in [0.1, 0.15) is 11.6 Å². The first-order valence-corrected chi connectivity index (χ1v) is 9.04. The minimum Gasteiger partial charge on any atom is -0.342 e. The number of amides is 2. The van der Waals surface area contributed by atoms with Crippen molar-refractivity contribution in [3.8, 4) is 0 Å². The highest BCUT2D eigenvalue weighted by molar-refractivity contribution is 7.99. The topological polar surface area (TPSA) is 49.4 Å². The highest BCUT2D eigenvalue weighted by Crippen LogP contribution is 2.31. The number of thioether (sulfide) groups is 1. The Hall–Kier alpha value is -0.710. The van der Waals surface area contributed by atoms with E-state index in [2.05, 4.69) is 12.2 Å². The molecule has 2 atom stereocenters. The third kappa shape index (κ3) is 3.93. The van der Waals surface area contributed by atoms with E-state index in [1.54, 1.807) is 0 Å². The monoisotopic (exact) mass is 314 g/mol. The van der Waals surface area contributed by atoms with E-state index >= 15 is 0 Å². The van der Waals surface area contributed by atoms with Crippen molar-refractivity contribution in [2.75, 3.05) is 18.1 Å². The minimum absolute atomic E-state index is 0.0207. The van der Waals surface area contributed by atoms with Gasteiger partial charge in [-0.3, -0.25) is 9.59 Å². The van der Waals surface area contributed by atoms with E-state index in [4.69, 9.17) is 0 Å². The molecule has 0 radical (unpaired) electrons. The number of hydrogen-bond donors (Lipinski definition) is 1. The molecule has 0 spiro atoms. The number of carbonyl (C=O) groups is 2. The summed E-state index contributed by atoms with van der Waals surface area (Å²) in [6.07, 6.45) is 1.58. The van der Waals surface area contributed by atoms with Crippen LogP contribution in [-0.4, -0.2) is 46.3 Å². The SMILES string of the molecule is CCSCCCN1C(=O)C(C(C)(C)C)NC(=O)C1(C)CC. The number of carbonyl (C=O) groups excluding carboxylic acids is 2. The number of rotatable bonds is 6. The fourth-order valence-corrected chi connectivity index (χ4v) is 3.26. The summed E-state index contributed by atoms with van der Waals surface area (Å²) in [5.74, 6) is 2.16. The molecule has 1 saturated heterocycles. The van der Waals surface area contributed by atoms with Crippen LogP contribution >= 0.6 is 11.8 Å². The maximum Gasteiger partial charge on any atom is 0.246 e. The largest absolute Gasteiger partial charge is 0.342 e. The summed E-state index contributed by atoms with van der Waals surface area (Å²) in [7, 11) is 0. The lowest BCUT2D eigenvalue weighted by molar-refractivity contribution is -0.159. The molecule has 0 saturated carbocycles. The van der Waals surface area contributed by atoms with Crippen LogP contribution in [0.1, 0.15) is 54.4 Å². The van der Waals surface area contributed by atoms with Crippen LogP contribution in [0.5, 0.6) is 0 Å². The normalized spacial score (nSPS) is 27.0. The third-order valence-corrected chi connectivity index (χ3v) is 5.29. The van der Waals surface area contributed by atoms with Gasteiger partial charge in [0.2, 0.25) is 11.8 Å². The van der Waals surface area contributed by atoms with Crippen LogP contribution in [0.15, 0.2) is 0 Å². The van der Waals surface area contributed by atoms with E-state index in [0.717, 1.165) is 17.9 Å². The maximum atomic E-state index is 12.9. The number of hydrogen-bond acceptors (Lipinski definition) is 3. The van der Waals surface area contributed by atoms with Crippen LogP contribution in [-0.2, 0) is 9.59 Å². The fourth-order valence-electron chi connectivity index (χ4n) is 2.63. The van der Waals surface area contributed by atoms with Gasteiger partial charge in [0.15, 0.2) is 0 Å². The molecule has 2 unspecified atom stereocenters. The second-order valence-electron chi connectivity index (χ2n) is 6.94. The zero-order chi connectivity index (χ0) is 16.3. The molecule has 1 heterocycles.